The zero-order chi connectivity index (χ0) is 18.9. The van der Waals surface area contributed by atoms with Crippen molar-refractivity contribution < 1.29 is 21.6 Å². The van der Waals surface area contributed by atoms with Crippen LogP contribution in [0.4, 0.5) is 18.9 Å². The molecule has 0 unspecified atom stereocenters. The lowest BCUT2D eigenvalue weighted by Crippen LogP contribution is -2.09. The molecule has 2 aromatic carbocycles. The van der Waals surface area contributed by atoms with Gasteiger partial charge in [-0.15, -0.1) is 0 Å². The first-order valence-electron chi connectivity index (χ1n) is 7.42. The van der Waals surface area contributed by atoms with Crippen LogP contribution in [0.25, 0.3) is 16.8 Å². The van der Waals surface area contributed by atoms with E-state index in [1.807, 2.05) is 0 Å². The Bertz CT molecular complexity index is 1030. The predicted octanol–water partition coefficient (Wildman–Crippen LogP) is 3.93. The summed E-state index contributed by atoms with van der Waals surface area (Å²) in [6.07, 6.45) is -0.234. The number of rotatable bonds is 4. The Morgan fingerprint density at radius 1 is 1.04 bits per heavy atom. The predicted molar refractivity (Wildman–Crippen MR) is 92.5 cm³/mol. The van der Waals surface area contributed by atoms with Gasteiger partial charge in [-0.2, -0.15) is 18.3 Å². The standard InChI is InChI=1S/C17H14F3N3O2S/c1-26(24,25)22-15-7-5-12(6-8-15)13-10-21-23(11-13)16-4-2-3-14(9-16)17(18,19)20/h2-11,22H,1H3. The number of aromatic nitrogens is 2. The molecule has 0 aliphatic carbocycles. The van der Waals surface area contributed by atoms with Gasteiger partial charge >= 0.3 is 6.18 Å². The Hall–Kier alpha value is -2.81. The average Bonchev–Trinajstić information content (AvgIpc) is 3.03. The Balaban J connectivity index is 1.86. The average molecular weight is 381 g/mol. The fraction of sp³-hybridized carbons (Fsp3) is 0.118. The minimum absolute atomic E-state index is 0.293. The van der Waals surface area contributed by atoms with E-state index < -0.39 is 21.8 Å². The van der Waals surface area contributed by atoms with Crippen LogP contribution in [0.5, 0.6) is 0 Å². The molecule has 0 saturated carbocycles. The number of alkyl halides is 3. The summed E-state index contributed by atoms with van der Waals surface area (Å²) >= 11 is 0. The molecule has 0 saturated heterocycles. The fourth-order valence-electron chi connectivity index (χ4n) is 2.38. The molecule has 0 amide bonds. The van der Waals surface area contributed by atoms with Gasteiger partial charge in [-0.25, -0.2) is 13.1 Å². The quantitative estimate of drug-likeness (QED) is 0.745. The summed E-state index contributed by atoms with van der Waals surface area (Å²) in [5.41, 5.74) is 1.40. The molecule has 0 radical (unpaired) electrons. The number of hydrogen-bond acceptors (Lipinski definition) is 3. The van der Waals surface area contributed by atoms with Crippen molar-refractivity contribution in [3.05, 3.63) is 66.5 Å². The molecule has 3 rings (SSSR count). The van der Waals surface area contributed by atoms with Crippen LogP contribution in [-0.4, -0.2) is 24.5 Å². The topological polar surface area (TPSA) is 64.0 Å². The lowest BCUT2D eigenvalue weighted by atomic mass is 10.1. The Morgan fingerprint density at radius 2 is 1.73 bits per heavy atom. The van der Waals surface area contributed by atoms with E-state index in [1.54, 1.807) is 30.5 Å². The Morgan fingerprint density at radius 3 is 2.35 bits per heavy atom. The molecule has 0 atom stereocenters. The highest BCUT2D eigenvalue weighted by molar-refractivity contribution is 7.92. The van der Waals surface area contributed by atoms with Gasteiger partial charge < -0.3 is 0 Å². The Kier molecular flexibility index (Phi) is 4.49. The molecule has 0 aliphatic rings. The zero-order valence-corrected chi connectivity index (χ0v) is 14.3. The molecule has 1 aromatic heterocycles. The second-order valence-electron chi connectivity index (χ2n) is 5.67. The lowest BCUT2D eigenvalue weighted by molar-refractivity contribution is -0.137. The first kappa shape index (κ1) is 18.0. The SMILES string of the molecule is CS(=O)(=O)Nc1ccc(-c2cnn(-c3cccc(C(F)(F)F)c3)c2)cc1. The van der Waals surface area contributed by atoms with Crippen molar-refractivity contribution >= 4 is 15.7 Å². The summed E-state index contributed by atoms with van der Waals surface area (Å²) in [6, 6.07) is 11.5. The molecule has 0 fully saturated rings. The van der Waals surface area contributed by atoms with E-state index in [-0.39, 0.29) is 0 Å². The monoisotopic (exact) mass is 381 g/mol. The second-order valence-corrected chi connectivity index (χ2v) is 7.42. The van der Waals surface area contributed by atoms with Crippen LogP contribution in [0.2, 0.25) is 0 Å². The van der Waals surface area contributed by atoms with Gasteiger partial charge in [0.1, 0.15) is 0 Å². The van der Waals surface area contributed by atoms with Gasteiger partial charge in [0.05, 0.1) is 23.7 Å². The van der Waals surface area contributed by atoms with Crippen LogP contribution in [0.15, 0.2) is 60.9 Å². The van der Waals surface area contributed by atoms with Crippen molar-refractivity contribution in [3.8, 4) is 16.8 Å². The maximum Gasteiger partial charge on any atom is 0.416 e. The van der Waals surface area contributed by atoms with Gasteiger partial charge in [0.25, 0.3) is 0 Å². The molecule has 3 aromatic rings. The van der Waals surface area contributed by atoms with Crippen LogP contribution in [0.1, 0.15) is 5.56 Å². The van der Waals surface area contributed by atoms with E-state index in [4.69, 9.17) is 0 Å². The highest BCUT2D eigenvalue weighted by Crippen LogP contribution is 2.30. The largest absolute Gasteiger partial charge is 0.416 e. The maximum absolute atomic E-state index is 12.8. The summed E-state index contributed by atoms with van der Waals surface area (Å²) in [7, 11) is -3.36. The van der Waals surface area contributed by atoms with Crippen molar-refractivity contribution in [1.29, 1.82) is 0 Å². The summed E-state index contributed by atoms with van der Waals surface area (Å²) in [4.78, 5) is 0. The van der Waals surface area contributed by atoms with E-state index in [2.05, 4.69) is 9.82 Å². The van der Waals surface area contributed by atoms with Crippen molar-refractivity contribution in [2.75, 3.05) is 11.0 Å². The van der Waals surface area contributed by atoms with Crippen LogP contribution >= 0.6 is 0 Å². The van der Waals surface area contributed by atoms with E-state index in [1.165, 1.54) is 23.0 Å². The van der Waals surface area contributed by atoms with Crippen LogP contribution in [0.3, 0.4) is 0 Å². The third-order valence-electron chi connectivity index (χ3n) is 3.54. The van der Waals surface area contributed by atoms with Crippen LogP contribution < -0.4 is 4.72 Å². The summed E-state index contributed by atoms with van der Waals surface area (Å²) < 4.78 is 64.6. The van der Waals surface area contributed by atoms with Gasteiger partial charge in [-0.1, -0.05) is 18.2 Å². The zero-order valence-electron chi connectivity index (χ0n) is 13.5. The maximum atomic E-state index is 12.8. The number of nitrogens with zero attached hydrogens (tertiary/aromatic N) is 2. The van der Waals surface area contributed by atoms with Crippen molar-refractivity contribution in [2.45, 2.75) is 6.18 Å². The molecule has 0 bridgehead atoms. The number of halogens is 3. The number of sulfonamides is 1. The van der Waals surface area contributed by atoms with Crippen molar-refractivity contribution in [3.63, 3.8) is 0 Å². The van der Waals surface area contributed by atoms with Gasteiger partial charge in [-0.3, -0.25) is 4.72 Å². The van der Waals surface area contributed by atoms with Gasteiger partial charge in [0.2, 0.25) is 10.0 Å². The van der Waals surface area contributed by atoms with Crippen molar-refractivity contribution in [2.24, 2.45) is 0 Å². The smallest absolute Gasteiger partial charge is 0.284 e. The number of benzene rings is 2. The van der Waals surface area contributed by atoms with E-state index >= 15 is 0 Å². The molecule has 5 nitrogen and oxygen atoms in total. The third kappa shape index (κ3) is 4.23. The second kappa shape index (κ2) is 6.49. The van der Waals surface area contributed by atoms with Gasteiger partial charge in [0.15, 0.2) is 0 Å². The Labute approximate surface area is 148 Å². The molecule has 26 heavy (non-hydrogen) atoms. The van der Waals surface area contributed by atoms with Crippen LogP contribution in [0, 0.1) is 0 Å². The molecular formula is C17H14F3N3O2S. The molecule has 1 heterocycles. The first-order valence-corrected chi connectivity index (χ1v) is 9.31. The highest BCUT2D eigenvalue weighted by Gasteiger charge is 2.30. The molecule has 1 N–H and O–H groups in total. The fourth-order valence-corrected chi connectivity index (χ4v) is 2.95. The summed E-state index contributed by atoms with van der Waals surface area (Å²) in [6.45, 7) is 0. The van der Waals surface area contributed by atoms with Gasteiger partial charge in [0, 0.05) is 17.4 Å². The summed E-state index contributed by atoms with van der Waals surface area (Å²) in [5, 5.41) is 4.11. The molecule has 0 spiro atoms. The summed E-state index contributed by atoms with van der Waals surface area (Å²) in [5.74, 6) is 0. The van der Waals surface area contributed by atoms with E-state index in [0.717, 1.165) is 24.0 Å². The van der Waals surface area contributed by atoms with E-state index in [0.29, 0.717) is 16.9 Å². The molecular weight excluding hydrogens is 367 g/mol. The normalized spacial score (nSPS) is 12.2. The first-order chi connectivity index (χ1) is 12.1. The minimum Gasteiger partial charge on any atom is -0.284 e. The number of nitrogens with one attached hydrogen (secondary N) is 1. The lowest BCUT2D eigenvalue weighted by Gasteiger charge is -2.08. The molecule has 0 aliphatic heterocycles. The van der Waals surface area contributed by atoms with E-state index in [9.17, 15) is 21.6 Å². The number of anilines is 1. The third-order valence-corrected chi connectivity index (χ3v) is 4.15. The molecule has 136 valence electrons. The highest BCUT2D eigenvalue weighted by atomic mass is 32.2. The molecule has 9 heteroatoms. The van der Waals surface area contributed by atoms with Gasteiger partial charge in [-0.05, 0) is 35.9 Å². The number of hydrogen-bond donors (Lipinski definition) is 1. The van der Waals surface area contributed by atoms with Crippen LogP contribution in [-0.2, 0) is 16.2 Å². The minimum atomic E-state index is -4.42. The van der Waals surface area contributed by atoms with Crippen molar-refractivity contribution in [1.82, 2.24) is 9.78 Å².